The molecule has 5 nitrogen and oxygen atoms in total. The largest absolute Gasteiger partial charge is 0.419 e. The quantitative estimate of drug-likeness (QED) is 0.768. The maximum absolute atomic E-state index is 5.61. The highest BCUT2D eigenvalue weighted by atomic mass is 16.4. The first-order valence-electron chi connectivity index (χ1n) is 6.39. The molecule has 2 heterocycles. The van der Waals surface area contributed by atoms with E-state index < -0.39 is 0 Å². The molecule has 2 aromatic heterocycles. The first kappa shape index (κ1) is 12.5. The van der Waals surface area contributed by atoms with Gasteiger partial charge < -0.3 is 9.73 Å². The van der Waals surface area contributed by atoms with Crippen molar-refractivity contribution in [1.29, 1.82) is 0 Å². The van der Waals surface area contributed by atoms with Crippen LogP contribution in [0.4, 0.5) is 0 Å². The van der Waals surface area contributed by atoms with E-state index in [1.54, 1.807) is 6.20 Å². The molecule has 0 saturated carbocycles. The van der Waals surface area contributed by atoms with Crippen molar-refractivity contribution >= 4 is 0 Å². The van der Waals surface area contributed by atoms with Gasteiger partial charge in [0, 0.05) is 24.5 Å². The second kappa shape index (κ2) is 6.08. The highest BCUT2D eigenvalue weighted by Crippen LogP contribution is 2.16. The molecule has 0 spiro atoms. The molecule has 0 amide bonds. The van der Waals surface area contributed by atoms with Crippen LogP contribution in [0.1, 0.15) is 11.5 Å². The third-order valence-electron chi connectivity index (χ3n) is 2.82. The van der Waals surface area contributed by atoms with Crippen molar-refractivity contribution in [2.75, 3.05) is 0 Å². The highest BCUT2D eigenvalue weighted by molar-refractivity contribution is 5.51. The second-order valence-corrected chi connectivity index (χ2v) is 4.33. The van der Waals surface area contributed by atoms with Crippen LogP contribution in [0, 0.1) is 0 Å². The zero-order valence-electron chi connectivity index (χ0n) is 10.9. The summed E-state index contributed by atoms with van der Waals surface area (Å²) in [6.45, 7) is 1.26. The van der Waals surface area contributed by atoms with Gasteiger partial charge in [-0.25, -0.2) is 0 Å². The van der Waals surface area contributed by atoms with Gasteiger partial charge in [-0.2, -0.15) is 0 Å². The van der Waals surface area contributed by atoms with E-state index in [1.807, 2.05) is 48.7 Å². The molecule has 3 aromatic rings. The van der Waals surface area contributed by atoms with Crippen molar-refractivity contribution in [1.82, 2.24) is 20.5 Å². The van der Waals surface area contributed by atoms with Gasteiger partial charge in [0.05, 0.1) is 6.54 Å². The van der Waals surface area contributed by atoms with Crippen LogP contribution in [-0.4, -0.2) is 15.2 Å². The second-order valence-electron chi connectivity index (χ2n) is 4.33. The van der Waals surface area contributed by atoms with Crippen LogP contribution in [0.3, 0.4) is 0 Å². The monoisotopic (exact) mass is 266 g/mol. The van der Waals surface area contributed by atoms with Crippen LogP contribution in [0.25, 0.3) is 11.5 Å². The zero-order chi connectivity index (χ0) is 13.6. The predicted molar refractivity (Wildman–Crippen MR) is 74.5 cm³/mol. The van der Waals surface area contributed by atoms with Gasteiger partial charge in [0.15, 0.2) is 0 Å². The number of aromatic nitrogens is 3. The molecular formula is C15H14N4O. The van der Waals surface area contributed by atoms with Gasteiger partial charge in [0.1, 0.15) is 0 Å². The highest BCUT2D eigenvalue weighted by Gasteiger charge is 2.07. The van der Waals surface area contributed by atoms with E-state index in [0.29, 0.717) is 18.3 Å². The Morgan fingerprint density at radius 1 is 0.950 bits per heavy atom. The number of hydrogen-bond acceptors (Lipinski definition) is 5. The van der Waals surface area contributed by atoms with Gasteiger partial charge in [-0.3, -0.25) is 4.98 Å². The predicted octanol–water partition coefficient (Wildman–Crippen LogP) is 2.42. The van der Waals surface area contributed by atoms with E-state index >= 15 is 0 Å². The molecule has 0 fully saturated rings. The molecule has 5 heteroatoms. The Bertz CT molecular complexity index is 652. The normalized spacial score (nSPS) is 10.6. The lowest BCUT2D eigenvalue weighted by atomic mass is 10.2. The molecule has 0 unspecified atom stereocenters. The maximum atomic E-state index is 5.61. The van der Waals surface area contributed by atoms with E-state index in [-0.39, 0.29) is 0 Å². The molecule has 0 saturated heterocycles. The van der Waals surface area contributed by atoms with E-state index in [2.05, 4.69) is 20.5 Å². The van der Waals surface area contributed by atoms with E-state index in [0.717, 1.165) is 17.7 Å². The van der Waals surface area contributed by atoms with Gasteiger partial charge in [-0.15, -0.1) is 10.2 Å². The Kier molecular flexibility index (Phi) is 3.80. The van der Waals surface area contributed by atoms with Gasteiger partial charge in [0.2, 0.25) is 11.8 Å². The molecular weight excluding hydrogens is 252 g/mol. The SMILES string of the molecule is c1ccc(-c2nnc(CNCc3cccnc3)o2)cc1. The lowest BCUT2D eigenvalue weighted by molar-refractivity contribution is 0.477. The van der Waals surface area contributed by atoms with Crippen molar-refractivity contribution in [2.24, 2.45) is 0 Å². The van der Waals surface area contributed by atoms with Gasteiger partial charge in [0.25, 0.3) is 0 Å². The Labute approximate surface area is 116 Å². The first-order valence-corrected chi connectivity index (χ1v) is 6.39. The number of rotatable bonds is 5. The minimum atomic E-state index is 0.536. The van der Waals surface area contributed by atoms with Crippen LogP contribution in [0.5, 0.6) is 0 Å². The third-order valence-corrected chi connectivity index (χ3v) is 2.82. The summed E-state index contributed by atoms with van der Waals surface area (Å²) in [5, 5.41) is 11.3. The minimum absolute atomic E-state index is 0.536. The molecule has 0 atom stereocenters. The number of pyridine rings is 1. The first-order chi connectivity index (χ1) is 9.92. The summed E-state index contributed by atoms with van der Waals surface area (Å²) >= 11 is 0. The van der Waals surface area contributed by atoms with Crippen LogP contribution >= 0.6 is 0 Å². The summed E-state index contributed by atoms with van der Waals surface area (Å²) in [7, 11) is 0. The average Bonchev–Trinajstić information content (AvgIpc) is 2.98. The van der Waals surface area contributed by atoms with E-state index in [4.69, 9.17) is 4.42 Å². The Balaban J connectivity index is 1.58. The molecule has 100 valence electrons. The van der Waals surface area contributed by atoms with Crippen LogP contribution < -0.4 is 5.32 Å². The van der Waals surface area contributed by atoms with Crippen LogP contribution in [0.2, 0.25) is 0 Å². The Morgan fingerprint density at radius 2 is 1.85 bits per heavy atom. The van der Waals surface area contributed by atoms with E-state index in [9.17, 15) is 0 Å². The number of nitrogens with zero attached hydrogens (tertiary/aromatic N) is 3. The molecule has 1 N–H and O–H groups in total. The van der Waals surface area contributed by atoms with E-state index in [1.165, 1.54) is 0 Å². The van der Waals surface area contributed by atoms with Crippen LogP contribution in [0.15, 0.2) is 59.3 Å². The standard InChI is InChI=1S/C15H14N4O/c1-2-6-13(7-3-1)15-19-18-14(20-15)11-17-10-12-5-4-8-16-9-12/h1-9,17H,10-11H2. The number of benzene rings is 1. The van der Waals surface area contributed by atoms with Crippen LogP contribution in [-0.2, 0) is 13.1 Å². The summed E-state index contributed by atoms with van der Waals surface area (Å²) in [6.07, 6.45) is 3.59. The molecule has 0 aliphatic heterocycles. The van der Waals surface area contributed by atoms with Gasteiger partial charge >= 0.3 is 0 Å². The van der Waals surface area contributed by atoms with Gasteiger partial charge in [-0.05, 0) is 23.8 Å². The number of hydrogen-bond donors (Lipinski definition) is 1. The zero-order valence-corrected chi connectivity index (χ0v) is 10.9. The molecule has 0 aliphatic rings. The smallest absolute Gasteiger partial charge is 0.247 e. The summed E-state index contributed by atoms with van der Waals surface area (Å²) in [4.78, 5) is 4.06. The number of nitrogens with one attached hydrogen (secondary N) is 1. The van der Waals surface area contributed by atoms with Crippen molar-refractivity contribution in [2.45, 2.75) is 13.1 Å². The molecule has 0 radical (unpaired) electrons. The lowest BCUT2D eigenvalue weighted by Crippen LogP contribution is -2.12. The topological polar surface area (TPSA) is 63.8 Å². The van der Waals surface area contributed by atoms with Crippen molar-refractivity contribution < 1.29 is 4.42 Å². The Hall–Kier alpha value is -2.53. The molecule has 20 heavy (non-hydrogen) atoms. The summed E-state index contributed by atoms with van der Waals surface area (Å²) in [5.74, 6) is 1.12. The summed E-state index contributed by atoms with van der Waals surface area (Å²) in [5.41, 5.74) is 2.05. The summed E-state index contributed by atoms with van der Waals surface area (Å²) in [6, 6.07) is 13.7. The molecule has 0 bridgehead atoms. The fourth-order valence-corrected chi connectivity index (χ4v) is 1.84. The van der Waals surface area contributed by atoms with Crippen molar-refractivity contribution in [3.05, 3.63) is 66.3 Å². The fraction of sp³-hybridized carbons (Fsp3) is 0.133. The van der Waals surface area contributed by atoms with Crippen molar-refractivity contribution in [3.8, 4) is 11.5 Å². The van der Waals surface area contributed by atoms with Crippen molar-refractivity contribution in [3.63, 3.8) is 0 Å². The van der Waals surface area contributed by atoms with Gasteiger partial charge in [-0.1, -0.05) is 24.3 Å². The molecule has 3 rings (SSSR count). The minimum Gasteiger partial charge on any atom is -0.419 e. The maximum Gasteiger partial charge on any atom is 0.247 e. The fourth-order valence-electron chi connectivity index (χ4n) is 1.84. The lowest BCUT2D eigenvalue weighted by Gasteiger charge is -2.00. The molecule has 1 aromatic carbocycles. The average molecular weight is 266 g/mol. The summed E-state index contributed by atoms with van der Waals surface area (Å²) < 4.78 is 5.61. The molecule has 0 aliphatic carbocycles. The third kappa shape index (κ3) is 3.07. The Morgan fingerprint density at radius 3 is 2.65 bits per heavy atom.